The molecule has 0 saturated carbocycles. The van der Waals surface area contributed by atoms with Gasteiger partial charge in [0.15, 0.2) is 0 Å². The summed E-state index contributed by atoms with van der Waals surface area (Å²) in [5.41, 5.74) is -10.2. The molecule has 0 aliphatic heterocycles. The van der Waals surface area contributed by atoms with E-state index in [9.17, 15) is 57.9 Å². The molecule has 17 heteroatoms. The van der Waals surface area contributed by atoms with Crippen molar-refractivity contribution in [2.24, 2.45) is 0 Å². The Balaban J connectivity index is 2.29. The monoisotopic (exact) mass is 672 g/mol. The molecule has 0 radical (unpaired) electrons. The molecule has 3 rings (SSSR count). The van der Waals surface area contributed by atoms with Crippen LogP contribution < -0.4 is 5.06 Å². The van der Waals surface area contributed by atoms with E-state index < -0.39 is 75.9 Å². The van der Waals surface area contributed by atoms with Crippen molar-refractivity contribution in [2.75, 3.05) is 5.06 Å². The highest BCUT2D eigenvalue weighted by Gasteiger charge is 2.73. The average Bonchev–Trinajstić information content (AvgIpc) is 2.80. The van der Waals surface area contributed by atoms with Gasteiger partial charge in [0, 0.05) is 26.3 Å². The third-order valence-corrected chi connectivity index (χ3v) is 7.22. The van der Waals surface area contributed by atoms with Crippen molar-refractivity contribution >= 4 is 54.9 Å². The van der Waals surface area contributed by atoms with Gasteiger partial charge in [-0.25, -0.2) is 12.8 Å². The summed E-state index contributed by atoms with van der Waals surface area (Å²) in [6.07, 6.45) is -12.1. The second-order valence-electron chi connectivity index (χ2n) is 7.29. The van der Waals surface area contributed by atoms with E-state index in [1.165, 1.54) is 12.3 Å². The number of hydrogen-bond donors (Lipinski definition) is 1. The van der Waals surface area contributed by atoms with Gasteiger partial charge < -0.3 is 0 Å². The van der Waals surface area contributed by atoms with Gasteiger partial charge in [-0.1, -0.05) is 12.1 Å². The number of amides is 1. The molecular weight excluding hydrogens is 662 g/mol. The quantitative estimate of drug-likeness (QED) is 0.152. The fraction of sp³-hybridized carbons (Fsp3) is 0.200. The van der Waals surface area contributed by atoms with E-state index in [4.69, 9.17) is 0 Å². The minimum Gasteiger partial charge on any atom is -0.281 e. The maximum atomic E-state index is 14.6. The summed E-state index contributed by atoms with van der Waals surface area (Å²) in [5, 5.41) is 10.4. The molecule has 1 amide bonds. The first-order valence-corrected chi connectivity index (χ1v) is 12.0. The Labute approximate surface area is 214 Å². The predicted octanol–water partition coefficient (Wildman–Crippen LogP) is 6.16. The fourth-order valence-electron chi connectivity index (χ4n) is 3.20. The van der Waals surface area contributed by atoms with Gasteiger partial charge in [-0.3, -0.25) is 15.0 Å². The number of fused-ring (bicyclic) bond motifs is 1. The van der Waals surface area contributed by atoms with Crippen molar-refractivity contribution in [3.8, 4) is 0 Å². The maximum Gasteiger partial charge on any atom is 0.435 e. The normalized spacial score (nSPS) is 13.3. The van der Waals surface area contributed by atoms with Crippen LogP contribution in [-0.2, 0) is 15.5 Å². The van der Waals surface area contributed by atoms with Crippen molar-refractivity contribution < 1.29 is 57.9 Å². The number of halogens is 10. The SMILES string of the molecule is O=C(c1ccc2cccnc2c1)N(O)c1c(I)cc(C(F)(C(F)(F)F)C(F)(F)F)cc1S(=O)(=O)C(F)F. The Morgan fingerprint density at radius 2 is 1.57 bits per heavy atom. The number of aromatic nitrogens is 1. The summed E-state index contributed by atoms with van der Waals surface area (Å²) in [4.78, 5) is 14.7. The fourth-order valence-corrected chi connectivity index (χ4v) is 5.19. The lowest BCUT2D eigenvalue weighted by Crippen LogP contribution is -2.50. The van der Waals surface area contributed by atoms with E-state index in [-0.39, 0.29) is 11.6 Å². The first kappa shape index (κ1) is 28.9. The molecule has 1 aromatic heterocycles. The number of benzene rings is 2. The van der Waals surface area contributed by atoms with Gasteiger partial charge in [-0.15, -0.1) is 0 Å². The lowest BCUT2D eigenvalue weighted by molar-refractivity contribution is -0.348. The molecule has 6 nitrogen and oxygen atoms in total. The number of sulfone groups is 1. The number of pyridine rings is 1. The Kier molecular flexibility index (Phi) is 7.47. The highest BCUT2D eigenvalue weighted by Crippen LogP contribution is 2.54. The van der Waals surface area contributed by atoms with Gasteiger partial charge in [0.25, 0.3) is 5.91 Å². The Hall–Kier alpha value is -2.67. The molecule has 0 fully saturated rings. The van der Waals surface area contributed by atoms with E-state index in [1.807, 2.05) is 0 Å². The lowest BCUT2D eigenvalue weighted by atomic mass is 9.94. The second kappa shape index (κ2) is 9.57. The zero-order chi connectivity index (χ0) is 28.1. The smallest absolute Gasteiger partial charge is 0.281 e. The molecule has 0 bridgehead atoms. The van der Waals surface area contributed by atoms with Crippen molar-refractivity contribution in [1.82, 2.24) is 4.98 Å². The zero-order valence-corrected chi connectivity index (χ0v) is 20.4. The highest BCUT2D eigenvalue weighted by molar-refractivity contribution is 14.1. The van der Waals surface area contributed by atoms with E-state index in [0.717, 1.165) is 34.7 Å². The number of hydroxylamine groups is 1. The van der Waals surface area contributed by atoms with Crippen LogP contribution in [-0.4, -0.2) is 42.6 Å². The van der Waals surface area contributed by atoms with Crippen LogP contribution >= 0.6 is 22.6 Å². The second-order valence-corrected chi connectivity index (χ2v) is 10.3. The van der Waals surface area contributed by atoms with Crippen LogP contribution in [0.5, 0.6) is 0 Å². The van der Waals surface area contributed by atoms with Crippen molar-refractivity contribution in [3.63, 3.8) is 0 Å². The number of carbonyl (C=O) groups excluding carboxylic acids is 1. The topological polar surface area (TPSA) is 87.6 Å². The third-order valence-electron chi connectivity index (χ3n) is 5.01. The van der Waals surface area contributed by atoms with Crippen LogP contribution in [0.15, 0.2) is 53.6 Å². The largest absolute Gasteiger partial charge is 0.435 e. The van der Waals surface area contributed by atoms with Crippen LogP contribution in [0.4, 0.5) is 45.2 Å². The van der Waals surface area contributed by atoms with Gasteiger partial charge in [0.1, 0.15) is 10.6 Å². The lowest BCUT2D eigenvalue weighted by Gasteiger charge is -2.31. The summed E-state index contributed by atoms with van der Waals surface area (Å²) in [6.45, 7) is 0. The van der Waals surface area contributed by atoms with Gasteiger partial charge in [-0.2, -0.15) is 40.2 Å². The number of anilines is 1. The summed E-state index contributed by atoms with van der Waals surface area (Å²) >= 11 is 0.877. The van der Waals surface area contributed by atoms with Gasteiger partial charge in [0.2, 0.25) is 9.84 Å². The molecule has 0 aliphatic carbocycles. The van der Waals surface area contributed by atoms with E-state index in [1.54, 1.807) is 12.1 Å². The molecular formula is C20H10F9IN2O4S. The molecule has 37 heavy (non-hydrogen) atoms. The van der Waals surface area contributed by atoms with Crippen LogP contribution in [0, 0.1) is 3.57 Å². The van der Waals surface area contributed by atoms with Crippen LogP contribution in [0.2, 0.25) is 0 Å². The Morgan fingerprint density at radius 3 is 2.11 bits per heavy atom. The first-order chi connectivity index (χ1) is 16.8. The third kappa shape index (κ3) is 4.95. The number of rotatable bonds is 5. The summed E-state index contributed by atoms with van der Waals surface area (Å²) in [5.74, 6) is -5.95. The number of hydrogen-bond acceptors (Lipinski definition) is 5. The van der Waals surface area contributed by atoms with E-state index >= 15 is 0 Å². The van der Waals surface area contributed by atoms with Crippen molar-refractivity contribution in [3.05, 3.63) is 63.4 Å². The maximum absolute atomic E-state index is 14.6. The average molecular weight is 672 g/mol. The van der Waals surface area contributed by atoms with Gasteiger partial charge in [-0.05, 0) is 52.9 Å². The van der Waals surface area contributed by atoms with Gasteiger partial charge >= 0.3 is 23.8 Å². The van der Waals surface area contributed by atoms with Gasteiger partial charge in [0.05, 0.1) is 5.52 Å². The molecule has 1 N–H and O–H groups in total. The Bertz CT molecular complexity index is 1460. The molecule has 0 aliphatic rings. The van der Waals surface area contributed by atoms with Crippen molar-refractivity contribution in [2.45, 2.75) is 28.7 Å². The molecule has 1 heterocycles. The molecule has 0 spiro atoms. The summed E-state index contributed by atoms with van der Waals surface area (Å²) < 4.78 is 144. The minimum atomic E-state index is -6.70. The predicted molar refractivity (Wildman–Crippen MR) is 118 cm³/mol. The van der Waals surface area contributed by atoms with Crippen LogP contribution in [0.3, 0.4) is 0 Å². The van der Waals surface area contributed by atoms with Crippen molar-refractivity contribution in [1.29, 1.82) is 0 Å². The zero-order valence-electron chi connectivity index (χ0n) is 17.5. The summed E-state index contributed by atoms with van der Waals surface area (Å²) in [6, 6.07) is 5.82. The number of carbonyl (C=O) groups is 1. The number of nitrogens with zero attached hydrogens (tertiary/aromatic N) is 2. The molecule has 2 aromatic carbocycles. The van der Waals surface area contributed by atoms with Crippen LogP contribution in [0.25, 0.3) is 10.9 Å². The molecule has 0 unspecified atom stereocenters. The minimum absolute atomic E-state index is 0.167. The van der Waals surface area contributed by atoms with E-state index in [2.05, 4.69) is 4.98 Å². The molecule has 0 saturated heterocycles. The first-order valence-electron chi connectivity index (χ1n) is 9.40. The summed E-state index contributed by atoms with van der Waals surface area (Å²) in [7, 11) is -6.10. The molecule has 3 aromatic rings. The Morgan fingerprint density at radius 1 is 0.973 bits per heavy atom. The standard InChI is InChI=1S/C20H10F9IN2O4S/c21-17(22)37(35,36)14-8-11(18(23,19(24,25)26)20(27,28)29)7-12(30)15(14)32(34)16(33)10-4-3-9-2-1-5-31-13(9)6-10/h1-8,17,34H. The number of alkyl halides is 9. The molecule has 200 valence electrons. The highest BCUT2D eigenvalue weighted by atomic mass is 127. The van der Waals surface area contributed by atoms with Crippen LogP contribution in [0.1, 0.15) is 15.9 Å². The van der Waals surface area contributed by atoms with E-state index in [0.29, 0.717) is 5.39 Å². The molecule has 0 atom stereocenters.